The number of rotatable bonds is 19. The molecule has 1 saturated carbocycles. The van der Waals surface area contributed by atoms with Crippen LogP contribution in [0.4, 0.5) is 5.69 Å². The average molecular weight is 984 g/mol. The van der Waals surface area contributed by atoms with Gasteiger partial charge in [0, 0.05) is 43.7 Å². The molecular weight excluding hydrogens is 912 g/mol. The van der Waals surface area contributed by atoms with Crippen molar-refractivity contribution in [3.63, 3.8) is 0 Å². The van der Waals surface area contributed by atoms with Gasteiger partial charge in [0.1, 0.15) is 22.8 Å². The zero-order valence-electron chi connectivity index (χ0n) is 41.7. The smallest absolute Gasteiger partial charge is 0.338 e. The number of esters is 1. The highest BCUT2D eigenvalue weighted by Crippen LogP contribution is 2.50. The van der Waals surface area contributed by atoms with Gasteiger partial charge < -0.3 is 33.3 Å². The zero-order valence-corrected chi connectivity index (χ0v) is 43.2. The van der Waals surface area contributed by atoms with E-state index in [2.05, 4.69) is 30.0 Å². The summed E-state index contributed by atoms with van der Waals surface area (Å²) in [6, 6.07) is 27.2. The van der Waals surface area contributed by atoms with Crippen molar-refractivity contribution in [2.24, 2.45) is 23.7 Å². The Labute approximate surface area is 415 Å². The highest BCUT2D eigenvalue weighted by molar-refractivity contribution is 7.89. The molecule has 4 aliphatic rings. The van der Waals surface area contributed by atoms with Gasteiger partial charge in [-0.3, -0.25) is 0 Å². The Bertz CT molecular complexity index is 2510. The van der Waals surface area contributed by atoms with Crippen molar-refractivity contribution < 1.29 is 41.6 Å². The number of sulfonamides is 1. The van der Waals surface area contributed by atoms with Gasteiger partial charge in [-0.1, -0.05) is 54.9 Å². The van der Waals surface area contributed by atoms with Gasteiger partial charge in [0.25, 0.3) is 0 Å². The van der Waals surface area contributed by atoms with Gasteiger partial charge in [-0.05, 0) is 172 Å². The van der Waals surface area contributed by atoms with Crippen molar-refractivity contribution in [1.29, 1.82) is 0 Å². The van der Waals surface area contributed by atoms with E-state index in [0.717, 1.165) is 90.7 Å². The quantitative estimate of drug-likeness (QED) is 0.0511. The van der Waals surface area contributed by atoms with Crippen LogP contribution in [0.25, 0.3) is 0 Å². The number of ether oxygens (including phenoxy) is 6. The number of nitrogens with zero attached hydrogens (tertiary/aromatic N) is 2. The predicted octanol–water partition coefficient (Wildman–Crippen LogP) is 10.8. The predicted molar refractivity (Wildman–Crippen MR) is 272 cm³/mol. The first-order valence-electron chi connectivity index (χ1n) is 24.6. The average Bonchev–Trinajstić information content (AvgIpc) is 3.45. The van der Waals surface area contributed by atoms with Crippen molar-refractivity contribution >= 4 is 33.3 Å². The van der Waals surface area contributed by atoms with Crippen LogP contribution in [0.2, 0.25) is 5.02 Å². The van der Waals surface area contributed by atoms with Crippen LogP contribution in [0.1, 0.15) is 99.3 Å². The number of hydrogen-bond donors (Lipinski definition) is 0. The summed E-state index contributed by atoms with van der Waals surface area (Å²) in [6.07, 6.45) is 7.96. The molecule has 1 fully saturated rings. The molecule has 11 nitrogen and oxygen atoms in total. The van der Waals surface area contributed by atoms with Crippen molar-refractivity contribution in [2.45, 2.75) is 109 Å². The van der Waals surface area contributed by atoms with Gasteiger partial charge in [-0.15, -0.1) is 0 Å². The third-order valence-corrected chi connectivity index (χ3v) is 17.7. The molecule has 1 spiro atoms. The largest absolute Gasteiger partial charge is 0.497 e. The van der Waals surface area contributed by atoms with E-state index in [0.29, 0.717) is 31.3 Å². The van der Waals surface area contributed by atoms with E-state index in [1.54, 1.807) is 25.6 Å². The molecule has 3 aliphatic carbocycles. The number of carbonyl (C=O) groups excluding carboxylic acids is 1. The number of hydrogen-bond acceptors (Lipinski definition) is 10. The maximum atomic E-state index is 14.8. The minimum Gasteiger partial charge on any atom is -0.497 e. The third-order valence-electron chi connectivity index (χ3n) is 15.1. The second-order valence-corrected chi connectivity index (χ2v) is 23.5. The fourth-order valence-electron chi connectivity index (χ4n) is 10.9. The first-order chi connectivity index (χ1) is 33.0. The number of methoxy groups -OCH3 is 3. The molecule has 69 heavy (non-hydrogen) atoms. The molecule has 1 aliphatic heterocycles. The summed E-state index contributed by atoms with van der Waals surface area (Å²) in [4.78, 5) is 16.0. The molecule has 0 unspecified atom stereocenters. The lowest BCUT2D eigenvalue weighted by Crippen LogP contribution is -2.50. The number of aryl methyl sites for hydroxylation is 1. The lowest BCUT2D eigenvalue weighted by atomic mass is 9.64. The Balaban J connectivity index is 1.04. The Morgan fingerprint density at radius 3 is 2.16 bits per heavy atom. The fourth-order valence-corrected chi connectivity index (χ4v) is 12.9. The summed E-state index contributed by atoms with van der Waals surface area (Å²) in [5.41, 5.74) is 6.05. The molecule has 8 rings (SSSR count). The van der Waals surface area contributed by atoms with E-state index in [1.807, 2.05) is 100 Å². The van der Waals surface area contributed by atoms with Crippen LogP contribution in [0.3, 0.4) is 0 Å². The number of anilines is 1. The molecule has 1 heterocycles. The lowest BCUT2D eigenvalue weighted by molar-refractivity contribution is -0.0418. The van der Waals surface area contributed by atoms with E-state index in [1.165, 1.54) is 16.7 Å². The molecule has 7 atom stereocenters. The summed E-state index contributed by atoms with van der Waals surface area (Å²) >= 11 is 6.56. The van der Waals surface area contributed by atoms with Gasteiger partial charge in [-0.2, -0.15) is 4.31 Å². The number of fused-ring (bicyclic) bond motifs is 3. The molecule has 372 valence electrons. The summed E-state index contributed by atoms with van der Waals surface area (Å²) in [7, 11) is 1.16. The molecule has 4 aromatic rings. The number of halogens is 1. The van der Waals surface area contributed by atoms with Crippen LogP contribution in [0.5, 0.6) is 17.2 Å². The van der Waals surface area contributed by atoms with E-state index in [4.69, 9.17) is 40.0 Å². The van der Waals surface area contributed by atoms with Crippen molar-refractivity contribution in [3.05, 3.63) is 129 Å². The Hall–Kier alpha value is -4.59. The lowest BCUT2D eigenvalue weighted by Gasteiger charge is -2.48. The van der Waals surface area contributed by atoms with Gasteiger partial charge in [0.15, 0.2) is 0 Å². The second kappa shape index (κ2) is 21.4. The molecule has 13 heteroatoms. The van der Waals surface area contributed by atoms with Crippen LogP contribution in [-0.4, -0.2) is 89.9 Å². The van der Waals surface area contributed by atoms with E-state index < -0.39 is 20.9 Å². The van der Waals surface area contributed by atoms with Gasteiger partial charge in [-0.25, -0.2) is 13.2 Å². The highest BCUT2D eigenvalue weighted by atomic mass is 35.5. The first kappa shape index (κ1) is 50.8. The topological polar surface area (TPSA) is 113 Å². The molecular formula is C56H71ClN2O9S. The summed E-state index contributed by atoms with van der Waals surface area (Å²) in [6.45, 7) is 13.0. The standard InChI is InChI=1S/C56H71ClN2O9S/c1-37(38(2)69(61,62)59(32-39-11-18-47(64-7)19-12-39)33-40-13-20-48(65-8)21-14-40)44-28-45(29-44)53(66-27-26-63-6)49-22-15-43(49)34-58-35-56(25-9-10-41-30-46(57)17-23-50(41)56)36-67-52-24-16-42(31-51(52)58)54(60)68-55(3,4)5/h11-14,16-21,23-24,28,30-31,37-38,43-44,49,53H,9-10,15,22,25-27,29,32-36H2,1-8H3/t37-,38-,43+,44+,49-,53+,56+/m1/s1. The number of allylic oxidation sites excluding steroid dienone is 1. The maximum absolute atomic E-state index is 14.8. The second-order valence-electron chi connectivity index (χ2n) is 20.8. The minimum atomic E-state index is -3.77. The van der Waals surface area contributed by atoms with Crippen molar-refractivity contribution in [2.75, 3.05) is 59.1 Å². The molecule has 0 saturated heterocycles. The van der Waals surface area contributed by atoms with Crippen LogP contribution in [-0.2, 0) is 49.2 Å². The molecule has 4 aromatic carbocycles. The molecule has 0 N–H and O–H groups in total. The van der Waals surface area contributed by atoms with Crippen LogP contribution in [0.15, 0.2) is 96.6 Å². The van der Waals surface area contributed by atoms with Crippen molar-refractivity contribution in [3.8, 4) is 17.2 Å². The summed E-state index contributed by atoms with van der Waals surface area (Å²) < 4.78 is 66.8. The fraction of sp³-hybridized carbons (Fsp3) is 0.518. The van der Waals surface area contributed by atoms with Gasteiger partial charge in [0.05, 0.1) is 56.6 Å². The molecule has 0 radical (unpaired) electrons. The SMILES string of the molecule is COCCO[C@@H](C1=C[C@H]([C@H](C)[C@@H](C)S(=O)(=O)N(Cc2ccc(OC)cc2)Cc2ccc(OC)cc2)C1)[C@@H]1CC[C@H]1CN1C[C@@]2(CCCc3cc(Cl)ccc32)COc2ccc(C(=O)OC(C)(C)C)cc21. The summed E-state index contributed by atoms with van der Waals surface area (Å²) in [5, 5.41) is 0.0963. The Kier molecular flexibility index (Phi) is 15.8. The van der Waals surface area contributed by atoms with Gasteiger partial charge in [0.2, 0.25) is 10.0 Å². The normalized spacial score (nSPS) is 22.4. The minimum absolute atomic E-state index is 0.0706. The van der Waals surface area contributed by atoms with E-state index in [9.17, 15) is 13.2 Å². The highest BCUT2D eigenvalue weighted by Gasteiger charge is 2.47. The van der Waals surface area contributed by atoms with E-state index in [-0.39, 0.29) is 48.3 Å². The molecule has 0 aromatic heterocycles. The first-order valence-corrected chi connectivity index (χ1v) is 26.5. The monoisotopic (exact) mass is 982 g/mol. The maximum Gasteiger partial charge on any atom is 0.338 e. The van der Waals surface area contributed by atoms with E-state index >= 15 is 0 Å². The van der Waals surface area contributed by atoms with Crippen LogP contribution >= 0.6 is 11.6 Å². The van der Waals surface area contributed by atoms with Crippen molar-refractivity contribution in [1.82, 2.24) is 4.31 Å². The number of benzene rings is 4. The zero-order chi connectivity index (χ0) is 49.1. The molecule has 0 bridgehead atoms. The summed E-state index contributed by atoms with van der Waals surface area (Å²) in [5.74, 6) is 2.29. The number of carbonyl (C=O) groups is 1. The third kappa shape index (κ3) is 11.5. The van der Waals surface area contributed by atoms with Gasteiger partial charge >= 0.3 is 5.97 Å². The van der Waals surface area contributed by atoms with Crippen LogP contribution in [0, 0.1) is 23.7 Å². The Morgan fingerprint density at radius 1 is 0.899 bits per heavy atom. The van der Waals surface area contributed by atoms with Crippen LogP contribution < -0.4 is 19.1 Å². The molecule has 0 amide bonds. The Morgan fingerprint density at radius 2 is 1.57 bits per heavy atom.